The lowest BCUT2D eigenvalue weighted by Crippen LogP contribution is -2.33. The van der Waals surface area contributed by atoms with E-state index in [4.69, 9.17) is 0 Å². The van der Waals surface area contributed by atoms with Gasteiger partial charge in [-0.25, -0.2) is 13.4 Å². The van der Waals surface area contributed by atoms with Crippen LogP contribution in [0.25, 0.3) is 0 Å². The number of hydrogen-bond donors (Lipinski definition) is 1. The number of carbonyl (C=O) groups excluding carboxylic acids is 1. The van der Waals surface area contributed by atoms with Gasteiger partial charge in [0, 0.05) is 30.3 Å². The number of rotatable bonds is 5. The van der Waals surface area contributed by atoms with Crippen molar-refractivity contribution in [1.82, 2.24) is 9.88 Å². The second-order valence-corrected chi connectivity index (χ2v) is 9.75. The highest BCUT2D eigenvalue weighted by Crippen LogP contribution is 2.21. The van der Waals surface area contributed by atoms with Gasteiger partial charge in [0.2, 0.25) is 0 Å². The van der Waals surface area contributed by atoms with Gasteiger partial charge in [-0.15, -0.1) is 11.3 Å². The Morgan fingerprint density at radius 3 is 2.96 bits per heavy atom. The molecular weight excluding hydrogens is 370 g/mol. The number of hydrogen-bond acceptors (Lipinski definition) is 6. The van der Waals surface area contributed by atoms with Crippen LogP contribution in [0.5, 0.6) is 0 Å². The number of benzene rings is 1. The standard InChI is InChI=1S/C18H23N3O3S2/c1-13-5-4-8-21(10-13)11-15-12-25-18(19-15)20-17(22)14-6-3-7-16(9-14)26(2,23)24/h3,6-7,9,12-13H,4-5,8,10-11H2,1-2H3,(H,19,20,22). The Labute approximate surface area is 158 Å². The lowest BCUT2D eigenvalue weighted by Gasteiger charge is -2.30. The molecule has 0 saturated carbocycles. The molecule has 1 aromatic heterocycles. The molecule has 140 valence electrons. The highest BCUT2D eigenvalue weighted by Gasteiger charge is 2.18. The maximum Gasteiger partial charge on any atom is 0.257 e. The summed E-state index contributed by atoms with van der Waals surface area (Å²) in [5, 5.41) is 5.25. The van der Waals surface area contributed by atoms with Crippen molar-refractivity contribution in [1.29, 1.82) is 0 Å². The van der Waals surface area contributed by atoms with Gasteiger partial charge in [-0.1, -0.05) is 13.0 Å². The molecule has 8 heteroatoms. The minimum absolute atomic E-state index is 0.129. The largest absolute Gasteiger partial charge is 0.298 e. The fraction of sp³-hybridized carbons (Fsp3) is 0.444. The molecule has 1 aliphatic rings. The van der Waals surface area contributed by atoms with Crippen LogP contribution in [0.2, 0.25) is 0 Å². The zero-order chi connectivity index (χ0) is 18.7. The van der Waals surface area contributed by atoms with Crippen LogP contribution in [0, 0.1) is 5.92 Å². The monoisotopic (exact) mass is 393 g/mol. The average Bonchev–Trinajstić information content (AvgIpc) is 3.01. The molecule has 3 rings (SSSR count). The van der Waals surface area contributed by atoms with Gasteiger partial charge in [0.15, 0.2) is 15.0 Å². The molecule has 0 spiro atoms. The van der Waals surface area contributed by atoms with Gasteiger partial charge < -0.3 is 0 Å². The maximum absolute atomic E-state index is 12.4. The number of amides is 1. The molecule has 1 amide bonds. The van der Waals surface area contributed by atoms with Gasteiger partial charge in [0.25, 0.3) is 5.91 Å². The molecule has 1 N–H and O–H groups in total. The van der Waals surface area contributed by atoms with E-state index in [0.717, 1.165) is 31.6 Å². The zero-order valence-corrected chi connectivity index (χ0v) is 16.6. The van der Waals surface area contributed by atoms with Crippen molar-refractivity contribution in [3.05, 3.63) is 40.9 Å². The van der Waals surface area contributed by atoms with Crippen molar-refractivity contribution in [2.75, 3.05) is 24.7 Å². The Bertz CT molecular complexity index is 893. The molecular formula is C18H23N3O3S2. The SMILES string of the molecule is CC1CCCN(Cc2csc(NC(=O)c3cccc(S(C)(=O)=O)c3)n2)C1. The summed E-state index contributed by atoms with van der Waals surface area (Å²) in [6.07, 6.45) is 3.62. The van der Waals surface area contributed by atoms with E-state index in [1.165, 1.54) is 36.3 Å². The summed E-state index contributed by atoms with van der Waals surface area (Å²) in [7, 11) is -3.35. The lowest BCUT2D eigenvalue weighted by molar-refractivity contribution is 0.102. The fourth-order valence-electron chi connectivity index (χ4n) is 3.13. The predicted octanol–water partition coefficient (Wildman–Crippen LogP) is 3.03. The number of nitrogens with zero attached hydrogens (tertiary/aromatic N) is 2. The Morgan fingerprint density at radius 1 is 1.42 bits per heavy atom. The molecule has 1 fully saturated rings. The number of aromatic nitrogens is 1. The predicted molar refractivity (Wildman–Crippen MR) is 103 cm³/mol. The smallest absolute Gasteiger partial charge is 0.257 e. The number of carbonyl (C=O) groups is 1. The van der Waals surface area contributed by atoms with Crippen molar-refractivity contribution in [2.24, 2.45) is 5.92 Å². The van der Waals surface area contributed by atoms with Crippen LogP contribution in [-0.2, 0) is 16.4 Å². The van der Waals surface area contributed by atoms with Gasteiger partial charge in [0.05, 0.1) is 10.6 Å². The number of thiazole rings is 1. The number of nitrogens with one attached hydrogen (secondary N) is 1. The highest BCUT2D eigenvalue weighted by atomic mass is 32.2. The summed E-state index contributed by atoms with van der Waals surface area (Å²) in [5.41, 5.74) is 1.25. The summed E-state index contributed by atoms with van der Waals surface area (Å²) < 4.78 is 23.3. The average molecular weight is 394 g/mol. The Hall–Kier alpha value is -1.77. The summed E-state index contributed by atoms with van der Waals surface area (Å²) in [6.45, 7) is 5.23. The molecule has 26 heavy (non-hydrogen) atoms. The van der Waals surface area contributed by atoms with E-state index in [9.17, 15) is 13.2 Å². The number of likely N-dealkylation sites (tertiary alicyclic amines) is 1. The van der Waals surface area contributed by atoms with E-state index >= 15 is 0 Å². The third kappa shape index (κ3) is 4.90. The van der Waals surface area contributed by atoms with Crippen LogP contribution >= 0.6 is 11.3 Å². The third-order valence-electron chi connectivity index (χ3n) is 4.42. The van der Waals surface area contributed by atoms with Gasteiger partial charge >= 0.3 is 0 Å². The Balaban J connectivity index is 1.64. The summed E-state index contributed by atoms with van der Waals surface area (Å²) in [6, 6.07) is 6.02. The summed E-state index contributed by atoms with van der Waals surface area (Å²) in [4.78, 5) is 19.4. The Morgan fingerprint density at radius 2 is 2.23 bits per heavy atom. The number of piperidine rings is 1. The summed E-state index contributed by atoms with van der Waals surface area (Å²) >= 11 is 1.38. The summed E-state index contributed by atoms with van der Waals surface area (Å²) in [5.74, 6) is 0.353. The molecule has 0 radical (unpaired) electrons. The van der Waals surface area contributed by atoms with Crippen LogP contribution < -0.4 is 5.32 Å². The van der Waals surface area contributed by atoms with Gasteiger partial charge in [-0.3, -0.25) is 15.0 Å². The normalized spacial score (nSPS) is 18.6. The molecule has 1 saturated heterocycles. The zero-order valence-electron chi connectivity index (χ0n) is 14.9. The topological polar surface area (TPSA) is 79.4 Å². The van der Waals surface area contributed by atoms with Crippen LogP contribution in [0.3, 0.4) is 0 Å². The number of anilines is 1. The second kappa shape index (κ2) is 7.85. The number of sulfone groups is 1. The van der Waals surface area contributed by atoms with Crippen molar-refractivity contribution >= 4 is 32.2 Å². The van der Waals surface area contributed by atoms with Crippen molar-refractivity contribution in [2.45, 2.75) is 31.2 Å². The molecule has 2 heterocycles. The van der Waals surface area contributed by atoms with Gasteiger partial charge in [0.1, 0.15) is 0 Å². The minimum Gasteiger partial charge on any atom is -0.298 e. The molecule has 0 bridgehead atoms. The quantitative estimate of drug-likeness (QED) is 0.845. The minimum atomic E-state index is -3.35. The molecule has 2 aromatic rings. The van der Waals surface area contributed by atoms with E-state index in [1.807, 2.05) is 5.38 Å². The van der Waals surface area contributed by atoms with E-state index in [2.05, 4.69) is 22.1 Å². The first-order valence-electron chi connectivity index (χ1n) is 8.59. The fourth-order valence-corrected chi connectivity index (χ4v) is 4.50. The Kier molecular flexibility index (Phi) is 5.74. The molecule has 1 aliphatic heterocycles. The van der Waals surface area contributed by atoms with Crippen LogP contribution in [0.4, 0.5) is 5.13 Å². The van der Waals surface area contributed by atoms with Crippen molar-refractivity contribution in [3.8, 4) is 0 Å². The first kappa shape index (κ1) is 19.0. The molecule has 1 unspecified atom stereocenters. The van der Waals surface area contributed by atoms with E-state index in [0.29, 0.717) is 16.6 Å². The van der Waals surface area contributed by atoms with Crippen molar-refractivity contribution < 1.29 is 13.2 Å². The molecule has 6 nitrogen and oxygen atoms in total. The van der Waals surface area contributed by atoms with E-state index in [1.54, 1.807) is 12.1 Å². The second-order valence-electron chi connectivity index (χ2n) is 6.88. The molecule has 0 aliphatic carbocycles. The van der Waals surface area contributed by atoms with E-state index in [-0.39, 0.29) is 10.8 Å². The van der Waals surface area contributed by atoms with Gasteiger partial charge in [-0.05, 0) is 43.5 Å². The first-order chi connectivity index (χ1) is 12.3. The van der Waals surface area contributed by atoms with Crippen molar-refractivity contribution in [3.63, 3.8) is 0 Å². The van der Waals surface area contributed by atoms with Crippen LogP contribution in [0.15, 0.2) is 34.5 Å². The highest BCUT2D eigenvalue weighted by molar-refractivity contribution is 7.90. The van der Waals surface area contributed by atoms with Crippen LogP contribution in [0.1, 0.15) is 35.8 Å². The first-order valence-corrected chi connectivity index (χ1v) is 11.4. The van der Waals surface area contributed by atoms with E-state index < -0.39 is 9.84 Å². The van der Waals surface area contributed by atoms with Crippen LogP contribution in [-0.4, -0.2) is 43.6 Å². The third-order valence-corrected chi connectivity index (χ3v) is 6.34. The lowest BCUT2D eigenvalue weighted by atomic mass is 10.0. The van der Waals surface area contributed by atoms with Gasteiger partial charge in [-0.2, -0.15) is 0 Å². The molecule has 1 aromatic carbocycles. The molecule has 1 atom stereocenters. The maximum atomic E-state index is 12.4.